The van der Waals surface area contributed by atoms with E-state index in [4.69, 9.17) is 14.3 Å². The maximum Gasteiger partial charge on any atom is 0.311 e. The number of ketones is 1. The topological polar surface area (TPSA) is 111 Å². The van der Waals surface area contributed by atoms with Gasteiger partial charge in [0.15, 0.2) is 5.78 Å². The van der Waals surface area contributed by atoms with E-state index in [1.54, 1.807) is 6.08 Å². The summed E-state index contributed by atoms with van der Waals surface area (Å²) < 4.78 is 11.2. The summed E-state index contributed by atoms with van der Waals surface area (Å²) in [6.07, 6.45) is 3.59. The number of aliphatic hydroxyl groups excluding tert-OH is 1. The summed E-state index contributed by atoms with van der Waals surface area (Å²) in [5.74, 6) is -2.25. The van der Waals surface area contributed by atoms with Gasteiger partial charge in [-0.3, -0.25) is 14.4 Å². The van der Waals surface area contributed by atoms with Gasteiger partial charge in [-0.1, -0.05) is 56.3 Å². The highest BCUT2D eigenvalue weighted by Gasteiger charge is 2.47. The van der Waals surface area contributed by atoms with Crippen LogP contribution in [0.4, 0.5) is 0 Å². The molecule has 0 aromatic heterocycles. The Morgan fingerprint density at radius 2 is 1.95 bits per heavy atom. The van der Waals surface area contributed by atoms with Crippen molar-refractivity contribution in [1.82, 2.24) is 0 Å². The third kappa shape index (κ3) is 6.34. The first-order valence-electron chi connectivity index (χ1n) is 13.8. The van der Waals surface area contributed by atoms with Gasteiger partial charge in [0, 0.05) is 18.3 Å². The summed E-state index contributed by atoms with van der Waals surface area (Å²) in [4.78, 5) is 44.0. The molecule has 0 radical (unpaired) electrons. The van der Waals surface area contributed by atoms with E-state index in [1.165, 1.54) is 0 Å². The number of hydrogen-bond acceptors (Lipinski definition) is 8. The first kappa shape index (κ1) is 28.0. The minimum absolute atomic E-state index is 0.0160. The van der Waals surface area contributed by atoms with E-state index in [0.29, 0.717) is 50.8 Å². The van der Waals surface area contributed by atoms with Crippen molar-refractivity contribution in [2.45, 2.75) is 78.1 Å². The van der Waals surface area contributed by atoms with E-state index >= 15 is 0 Å². The number of cyclic esters (lactones) is 1. The second kappa shape index (κ2) is 12.7. The fraction of sp³-hybridized carbons (Fsp3) is 0.600. The molecule has 0 spiro atoms. The standard InChI is InChI=1S/C30H39NO7/c1-4-18(2)29(34)38-27-13-12-24(31-37-17-20-8-6-5-7-9-20)23-16-26(33)19(3)21(28(23)27)10-11-22-25(32)14-15-36-30(22)35/h5-9,16,18-19,21-22,25,27-28,32H,4,10-15,17H2,1-3H3. The summed E-state index contributed by atoms with van der Waals surface area (Å²) in [6, 6.07) is 9.73. The van der Waals surface area contributed by atoms with Crippen molar-refractivity contribution in [3.05, 3.63) is 47.5 Å². The molecule has 206 valence electrons. The average Bonchev–Trinajstić information content (AvgIpc) is 2.91. The van der Waals surface area contributed by atoms with Crippen LogP contribution >= 0.6 is 0 Å². The number of hydrogen-bond donors (Lipinski definition) is 1. The molecule has 0 amide bonds. The van der Waals surface area contributed by atoms with Crippen molar-refractivity contribution in [2.75, 3.05) is 6.61 Å². The fourth-order valence-corrected chi connectivity index (χ4v) is 5.77. The van der Waals surface area contributed by atoms with Crippen LogP contribution in [0.25, 0.3) is 0 Å². The number of esters is 2. The molecule has 8 nitrogen and oxygen atoms in total. The number of oxime groups is 1. The van der Waals surface area contributed by atoms with Crippen molar-refractivity contribution in [2.24, 2.45) is 34.7 Å². The Morgan fingerprint density at radius 1 is 1.18 bits per heavy atom. The van der Waals surface area contributed by atoms with Gasteiger partial charge in [0.2, 0.25) is 0 Å². The molecule has 0 bridgehead atoms. The lowest BCUT2D eigenvalue weighted by Crippen LogP contribution is -2.47. The minimum Gasteiger partial charge on any atom is -0.465 e. The molecular weight excluding hydrogens is 486 g/mol. The van der Waals surface area contributed by atoms with Crippen LogP contribution in [0.5, 0.6) is 0 Å². The molecule has 1 saturated heterocycles. The van der Waals surface area contributed by atoms with Gasteiger partial charge >= 0.3 is 11.9 Å². The van der Waals surface area contributed by atoms with Crippen LogP contribution in [0.2, 0.25) is 0 Å². The molecule has 1 N–H and O–H groups in total. The summed E-state index contributed by atoms with van der Waals surface area (Å²) in [5.41, 5.74) is 2.44. The summed E-state index contributed by atoms with van der Waals surface area (Å²) in [5, 5.41) is 14.9. The third-order valence-corrected chi connectivity index (χ3v) is 8.38. The molecule has 1 heterocycles. The second-order valence-electron chi connectivity index (χ2n) is 10.8. The molecule has 1 aromatic rings. The van der Waals surface area contributed by atoms with Crippen molar-refractivity contribution in [1.29, 1.82) is 0 Å². The highest BCUT2D eigenvalue weighted by Crippen LogP contribution is 2.45. The molecule has 8 heteroatoms. The van der Waals surface area contributed by atoms with Gasteiger partial charge in [0.05, 0.1) is 30.3 Å². The Kier molecular flexibility index (Phi) is 9.36. The van der Waals surface area contributed by atoms with Crippen LogP contribution < -0.4 is 0 Å². The molecule has 3 aliphatic rings. The zero-order valence-corrected chi connectivity index (χ0v) is 22.5. The normalized spacial score (nSPS) is 31.2. The van der Waals surface area contributed by atoms with Crippen molar-refractivity contribution < 1.29 is 33.8 Å². The SMILES string of the molecule is CCC(C)C(=O)OC1CCC(=NOCc2ccccc2)C2=CC(=O)C(C)C(CCC3C(=O)OCCC3O)C21. The first-order chi connectivity index (χ1) is 18.3. The van der Waals surface area contributed by atoms with E-state index in [0.717, 1.165) is 11.1 Å². The van der Waals surface area contributed by atoms with Gasteiger partial charge < -0.3 is 19.4 Å². The summed E-state index contributed by atoms with van der Waals surface area (Å²) in [7, 11) is 0. The Balaban J connectivity index is 1.59. The largest absolute Gasteiger partial charge is 0.465 e. The Morgan fingerprint density at radius 3 is 2.66 bits per heavy atom. The third-order valence-electron chi connectivity index (χ3n) is 8.38. The summed E-state index contributed by atoms with van der Waals surface area (Å²) in [6.45, 7) is 6.23. The quantitative estimate of drug-likeness (QED) is 0.376. The van der Waals surface area contributed by atoms with E-state index in [2.05, 4.69) is 5.16 Å². The minimum atomic E-state index is -0.755. The molecule has 2 fully saturated rings. The highest BCUT2D eigenvalue weighted by atomic mass is 16.6. The molecule has 7 unspecified atom stereocenters. The maximum absolute atomic E-state index is 13.1. The Hall–Kier alpha value is -3.00. The maximum atomic E-state index is 13.1. The lowest BCUT2D eigenvalue weighted by atomic mass is 9.63. The van der Waals surface area contributed by atoms with Gasteiger partial charge in [0.1, 0.15) is 12.7 Å². The number of carbonyl (C=O) groups excluding carboxylic acids is 3. The molecule has 2 aliphatic carbocycles. The molecule has 4 rings (SSSR count). The lowest BCUT2D eigenvalue weighted by molar-refractivity contribution is -0.161. The number of ether oxygens (including phenoxy) is 2. The van der Waals surface area contributed by atoms with Gasteiger partial charge in [-0.2, -0.15) is 0 Å². The van der Waals surface area contributed by atoms with E-state index in [1.807, 2.05) is 51.1 Å². The molecule has 1 saturated carbocycles. The number of fused-ring (bicyclic) bond motifs is 1. The second-order valence-corrected chi connectivity index (χ2v) is 10.8. The number of nitrogens with zero attached hydrogens (tertiary/aromatic N) is 1. The monoisotopic (exact) mass is 525 g/mol. The first-order valence-corrected chi connectivity index (χ1v) is 13.8. The van der Waals surface area contributed by atoms with Crippen LogP contribution in [-0.2, 0) is 35.3 Å². The number of carbonyl (C=O) groups is 3. The van der Waals surface area contributed by atoms with Crippen LogP contribution in [0.3, 0.4) is 0 Å². The molecule has 7 atom stereocenters. The van der Waals surface area contributed by atoms with E-state index in [-0.39, 0.29) is 42.0 Å². The smallest absolute Gasteiger partial charge is 0.311 e. The predicted octanol–water partition coefficient (Wildman–Crippen LogP) is 4.39. The van der Waals surface area contributed by atoms with Crippen LogP contribution in [0, 0.1) is 29.6 Å². The molecular formula is C30H39NO7. The lowest BCUT2D eigenvalue weighted by Gasteiger charge is -2.44. The Bertz CT molecular complexity index is 1070. The number of allylic oxidation sites excluding steroid dienone is 1. The van der Waals surface area contributed by atoms with Gasteiger partial charge in [-0.05, 0) is 55.2 Å². The average molecular weight is 526 g/mol. The summed E-state index contributed by atoms with van der Waals surface area (Å²) >= 11 is 0. The molecule has 1 aliphatic heterocycles. The van der Waals surface area contributed by atoms with Crippen molar-refractivity contribution in [3.63, 3.8) is 0 Å². The van der Waals surface area contributed by atoms with Gasteiger partial charge in [-0.25, -0.2) is 0 Å². The Labute approximate surface area is 224 Å². The van der Waals surface area contributed by atoms with Crippen LogP contribution in [0.1, 0.15) is 64.9 Å². The van der Waals surface area contributed by atoms with Crippen molar-refractivity contribution in [3.8, 4) is 0 Å². The number of benzene rings is 1. The molecule has 38 heavy (non-hydrogen) atoms. The zero-order valence-electron chi connectivity index (χ0n) is 22.5. The van der Waals surface area contributed by atoms with Crippen LogP contribution in [-0.4, -0.2) is 47.4 Å². The van der Waals surface area contributed by atoms with Crippen LogP contribution in [0.15, 0.2) is 47.1 Å². The number of rotatable bonds is 9. The fourth-order valence-electron chi connectivity index (χ4n) is 5.77. The predicted molar refractivity (Wildman–Crippen MR) is 141 cm³/mol. The van der Waals surface area contributed by atoms with E-state index < -0.39 is 24.1 Å². The van der Waals surface area contributed by atoms with E-state index in [9.17, 15) is 19.5 Å². The highest BCUT2D eigenvalue weighted by molar-refractivity contribution is 6.08. The van der Waals surface area contributed by atoms with Crippen molar-refractivity contribution >= 4 is 23.4 Å². The zero-order chi connectivity index (χ0) is 27.2. The van der Waals surface area contributed by atoms with Gasteiger partial charge in [-0.15, -0.1) is 0 Å². The van der Waals surface area contributed by atoms with Gasteiger partial charge in [0.25, 0.3) is 0 Å². The number of aliphatic hydroxyl groups is 1. The molecule has 1 aromatic carbocycles.